The molecule has 5 rings (SSSR count). The average Bonchev–Trinajstić information content (AvgIpc) is 2.93. The van der Waals surface area contributed by atoms with E-state index < -0.39 is 23.8 Å². The molecule has 10 heteroatoms. The Labute approximate surface area is 213 Å². The van der Waals surface area contributed by atoms with Crippen LogP contribution in [0.5, 0.6) is 0 Å². The van der Waals surface area contributed by atoms with Crippen LogP contribution in [0.25, 0.3) is 10.9 Å². The molecule has 0 unspecified atom stereocenters. The van der Waals surface area contributed by atoms with Gasteiger partial charge in [-0.05, 0) is 31.9 Å². The number of nitrogens with zero attached hydrogens (tertiary/aromatic N) is 4. The molecule has 1 aromatic carbocycles. The molecule has 37 heavy (non-hydrogen) atoms. The summed E-state index contributed by atoms with van der Waals surface area (Å²) >= 11 is 0. The molecule has 0 aliphatic carbocycles. The van der Waals surface area contributed by atoms with Crippen molar-refractivity contribution >= 4 is 28.3 Å². The summed E-state index contributed by atoms with van der Waals surface area (Å²) in [5, 5.41) is 4.06. The molecular formula is C27H30F3N5O2. The number of ether oxygens (including phenoxy) is 1. The summed E-state index contributed by atoms with van der Waals surface area (Å²) in [5.74, 6) is 0.126. The van der Waals surface area contributed by atoms with Crippen molar-refractivity contribution in [2.24, 2.45) is 5.92 Å². The van der Waals surface area contributed by atoms with Crippen LogP contribution in [0.2, 0.25) is 0 Å². The first-order valence-corrected chi connectivity index (χ1v) is 12.6. The van der Waals surface area contributed by atoms with Crippen molar-refractivity contribution < 1.29 is 22.7 Å². The van der Waals surface area contributed by atoms with Gasteiger partial charge in [0.1, 0.15) is 11.6 Å². The second-order valence-corrected chi connectivity index (χ2v) is 9.53. The van der Waals surface area contributed by atoms with Crippen LogP contribution in [-0.2, 0) is 9.53 Å². The van der Waals surface area contributed by atoms with Gasteiger partial charge >= 0.3 is 0 Å². The van der Waals surface area contributed by atoms with Crippen molar-refractivity contribution in [1.82, 2.24) is 14.9 Å². The number of benzene rings is 1. The van der Waals surface area contributed by atoms with Gasteiger partial charge in [-0.15, -0.1) is 0 Å². The number of anilines is 2. The van der Waals surface area contributed by atoms with Crippen LogP contribution in [0.15, 0.2) is 42.7 Å². The van der Waals surface area contributed by atoms with Crippen molar-refractivity contribution in [2.45, 2.75) is 32.2 Å². The lowest BCUT2D eigenvalue weighted by atomic mass is 9.98. The van der Waals surface area contributed by atoms with Crippen molar-refractivity contribution in [1.29, 1.82) is 0 Å². The van der Waals surface area contributed by atoms with E-state index in [-0.39, 0.29) is 17.4 Å². The highest BCUT2D eigenvalue weighted by Crippen LogP contribution is 2.32. The van der Waals surface area contributed by atoms with Gasteiger partial charge in [-0.25, -0.2) is 18.2 Å². The quantitative estimate of drug-likeness (QED) is 0.503. The Hall–Kier alpha value is -3.40. The number of pyridine rings is 2. The van der Waals surface area contributed by atoms with E-state index in [2.05, 4.69) is 20.2 Å². The van der Waals surface area contributed by atoms with E-state index in [4.69, 9.17) is 4.74 Å². The third-order valence-corrected chi connectivity index (χ3v) is 7.23. The molecule has 2 aliphatic heterocycles. The Morgan fingerprint density at radius 3 is 2.54 bits per heavy atom. The topological polar surface area (TPSA) is 70.6 Å². The standard InChI is InChI=1S/C27H30F3N5O2/c1-17(19-3-2-4-20(25(19)28)26(29)30)33-22-5-8-31-23-16-32-24(15-21(22)23)34-9-11-35(12-10-34)27(36)18-6-13-37-14-7-18/h2-5,8,15-18,26H,6-7,9-14H2,1H3,(H,31,33)/t17-/m1/s1. The van der Waals surface area contributed by atoms with Crippen LogP contribution in [0.4, 0.5) is 24.7 Å². The molecule has 1 amide bonds. The van der Waals surface area contributed by atoms with Crippen molar-refractivity contribution in [3.63, 3.8) is 0 Å². The summed E-state index contributed by atoms with van der Waals surface area (Å²) in [5.41, 5.74) is 0.932. The number of hydrogen-bond donors (Lipinski definition) is 1. The number of fused-ring (bicyclic) bond motifs is 1. The highest BCUT2D eigenvalue weighted by molar-refractivity contribution is 5.92. The number of halogens is 3. The Morgan fingerprint density at radius 1 is 1.08 bits per heavy atom. The van der Waals surface area contributed by atoms with Gasteiger partial charge in [-0.3, -0.25) is 9.78 Å². The Kier molecular flexibility index (Phi) is 7.45. The molecule has 2 saturated heterocycles. The van der Waals surface area contributed by atoms with E-state index in [1.807, 2.05) is 11.0 Å². The van der Waals surface area contributed by atoms with Crippen LogP contribution < -0.4 is 10.2 Å². The lowest BCUT2D eigenvalue weighted by molar-refractivity contribution is -0.138. The Balaban J connectivity index is 1.31. The fraction of sp³-hybridized carbons (Fsp3) is 0.444. The lowest BCUT2D eigenvalue weighted by Crippen LogP contribution is -2.51. The molecule has 0 bridgehead atoms. The summed E-state index contributed by atoms with van der Waals surface area (Å²) < 4.78 is 46.5. The normalized spacial score (nSPS) is 17.9. The summed E-state index contributed by atoms with van der Waals surface area (Å²) in [6.45, 7) is 5.61. The molecular weight excluding hydrogens is 483 g/mol. The molecule has 1 N–H and O–H groups in total. The van der Waals surface area contributed by atoms with Gasteiger partial charge in [-0.1, -0.05) is 18.2 Å². The zero-order valence-electron chi connectivity index (χ0n) is 20.7. The van der Waals surface area contributed by atoms with E-state index in [0.717, 1.165) is 30.1 Å². The lowest BCUT2D eigenvalue weighted by Gasteiger charge is -2.37. The molecule has 3 aromatic rings. The first kappa shape index (κ1) is 25.3. The van der Waals surface area contributed by atoms with E-state index in [1.165, 1.54) is 12.1 Å². The molecule has 196 valence electrons. The monoisotopic (exact) mass is 513 g/mol. The van der Waals surface area contributed by atoms with E-state index in [1.54, 1.807) is 25.4 Å². The van der Waals surface area contributed by atoms with Gasteiger partial charge in [0.25, 0.3) is 6.43 Å². The number of rotatable bonds is 6. The average molecular weight is 514 g/mol. The summed E-state index contributed by atoms with van der Waals surface area (Å²) in [6, 6.07) is 7.21. The fourth-order valence-corrected chi connectivity index (χ4v) is 5.08. The number of amides is 1. The van der Waals surface area contributed by atoms with Crippen molar-refractivity contribution in [2.75, 3.05) is 49.6 Å². The number of piperazine rings is 1. The third-order valence-electron chi connectivity index (χ3n) is 7.23. The third kappa shape index (κ3) is 5.34. The van der Waals surface area contributed by atoms with Crippen LogP contribution in [-0.4, -0.2) is 60.2 Å². The molecule has 0 saturated carbocycles. The summed E-state index contributed by atoms with van der Waals surface area (Å²) in [4.78, 5) is 25.9. The number of nitrogens with one attached hydrogen (secondary N) is 1. The first-order chi connectivity index (χ1) is 17.9. The van der Waals surface area contributed by atoms with Crippen LogP contribution in [0.1, 0.15) is 43.4 Å². The second-order valence-electron chi connectivity index (χ2n) is 9.53. The number of carbonyl (C=O) groups is 1. The Morgan fingerprint density at radius 2 is 1.81 bits per heavy atom. The molecule has 4 heterocycles. The van der Waals surface area contributed by atoms with E-state index in [9.17, 15) is 18.0 Å². The second kappa shape index (κ2) is 10.9. The minimum absolute atomic E-state index is 0.0482. The van der Waals surface area contributed by atoms with Gasteiger partial charge in [0.05, 0.1) is 23.3 Å². The van der Waals surface area contributed by atoms with Crippen molar-refractivity contribution in [3.8, 4) is 0 Å². The van der Waals surface area contributed by atoms with Gasteiger partial charge in [-0.2, -0.15) is 0 Å². The molecule has 0 spiro atoms. The van der Waals surface area contributed by atoms with Gasteiger partial charge in [0.2, 0.25) is 5.91 Å². The van der Waals surface area contributed by atoms with Crippen LogP contribution in [0, 0.1) is 11.7 Å². The minimum Gasteiger partial charge on any atom is -0.381 e. The van der Waals surface area contributed by atoms with E-state index in [0.29, 0.717) is 50.6 Å². The highest BCUT2D eigenvalue weighted by atomic mass is 19.3. The fourth-order valence-electron chi connectivity index (χ4n) is 5.08. The predicted octanol–water partition coefficient (Wildman–Crippen LogP) is 4.95. The zero-order valence-corrected chi connectivity index (χ0v) is 20.7. The largest absolute Gasteiger partial charge is 0.381 e. The molecule has 0 radical (unpaired) electrons. The number of alkyl halides is 2. The molecule has 1 atom stereocenters. The maximum atomic E-state index is 14.7. The maximum absolute atomic E-state index is 14.7. The van der Waals surface area contributed by atoms with Crippen LogP contribution in [0.3, 0.4) is 0 Å². The first-order valence-electron chi connectivity index (χ1n) is 12.6. The number of hydrogen-bond acceptors (Lipinski definition) is 6. The predicted molar refractivity (Wildman–Crippen MR) is 135 cm³/mol. The minimum atomic E-state index is -2.88. The zero-order chi connectivity index (χ0) is 25.9. The Bertz CT molecular complexity index is 1260. The van der Waals surface area contributed by atoms with Crippen molar-refractivity contribution in [3.05, 3.63) is 59.7 Å². The number of aromatic nitrogens is 2. The molecule has 2 fully saturated rings. The highest BCUT2D eigenvalue weighted by Gasteiger charge is 2.29. The number of carbonyl (C=O) groups excluding carboxylic acids is 1. The maximum Gasteiger partial charge on any atom is 0.266 e. The van der Waals surface area contributed by atoms with Gasteiger partial charge in [0.15, 0.2) is 0 Å². The molecule has 7 nitrogen and oxygen atoms in total. The molecule has 2 aliphatic rings. The van der Waals surface area contributed by atoms with Gasteiger partial charge in [0, 0.05) is 68.1 Å². The van der Waals surface area contributed by atoms with Crippen LogP contribution >= 0.6 is 0 Å². The smallest absolute Gasteiger partial charge is 0.266 e. The SMILES string of the molecule is C[C@@H](Nc1ccnc2cnc(N3CCN(C(=O)C4CCOCC4)CC3)cc12)c1cccc(C(F)F)c1F. The van der Waals surface area contributed by atoms with Gasteiger partial charge < -0.3 is 19.9 Å². The van der Waals surface area contributed by atoms with E-state index >= 15 is 0 Å². The summed E-state index contributed by atoms with van der Waals surface area (Å²) in [6.07, 6.45) is 2.00. The molecule has 2 aromatic heterocycles. The summed E-state index contributed by atoms with van der Waals surface area (Å²) in [7, 11) is 0.